The van der Waals surface area contributed by atoms with Gasteiger partial charge in [0.15, 0.2) is 0 Å². The van der Waals surface area contributed by atoms with E-state index in [2.05, 4.69) is 16.7 Å². The van der Waals surface area contributed by atoms with Crippen molar-refractivity contribution in [3.8, 4) is 0 Å². The molecule has 1 fully saturated rings. The van der Waals surface area contributed by atoms with Gasteiger partial charge in [0.2, 0.25) is 0 Å². The Morgan fingerprint density at radius 2 is 2.50 bits per heavy atom. The summed E-state index contributed by atoms with van der Waals surface area (Å²) >= 11 is 7.50. The van der Waals surface area contributed by atoms with Gasteiger partial charge in [0.05, 0.1) is 4.34 Å². The average molecular weight is 231 g/mol. The summed E-state index contributed by atoms with van der Waals surface area (Å²) in [6.07, 6.45) is 1.30. The smallest absolute Gasteiger partial charge is 0.0931 e. The third-order valence-electron chi connectivity index (χ3n) is 2.52. The predicted molar refractivity (Wildman–Crippen MR) is 62.0 cm³/mol. The molecule has 0 radical (unpaired) electrons. The normalized spacial score (nSPS) is 21.6. The number of hydrogen-bond donors (Lipinski definition) is 2. The van der Waals surface area contributed by atoms with Gasteiger partial charge in [-0.15, -0.1) is 11.3 Å². The topological polar surface area (TPSA) is 24.1 Å². The monoisotopic (exact) mass is 230 g/mol. The number of thiophene rings is 1. The molecule has 78 valence electrons. The second kappa shape index (κ2) is 5.12. The standard InChI is InChI=1S/C10H15ClN2S/c11-10-2-1-9(14-10)7-13-6-8-3-4-12-5-8/h1-2,8,12-13H,3-7H2. The van der Waals surface area contributed by atoms with Gasteiger partial charge in [-0.05, 0) is 44.1 Å². The average Bonchev–Trinajstić information content (AvgIpc) is 2.77. The van der Waals surface area contributed by atoms with Crippen molar-refractivity contribution < 1.29 is 0 Å². The molecule has 1 aliphatic heterocycles. The maximum atomic E-state index is 5.85. The van der Waals surface area contributed by atoms with E-state index < -0.39 is 0 Å². The van der Waals surface area contributed by atoms with E-state index >= 15 is 0 Å². The molecule has 2 heterocycles. The molecule has 0 amide bonds. The van der Waals surface area contributed by atoms with E-state index in [-0.39, 0.29) is 0 Å². The number of nitrogens with one attached hydrogen (secondary N) is 2. The van der Waals surface area contributed by atoms with Crippen LogP contribution in [0.3, 0.4) is 0 Å². The Morgan fingerprint density at radius 3 is 3.14 bits per heavy atom. The third-order valence-corrected chi connectivity index (χ3v) is 3.75. The first-order valence-corrected chi connectivity index (χ1v) is 6.19. The molecule has 1 atom stereocenters. The first kappa shape index (κ1) is 10.4. The maximum absolute atomic E-state index is 5.85. The first-order valence-electron chi connectivity index (χ1n) is 5.00. The minimum atomic E-state index is 0.811. The minimum Gasteiger partial charge on any atom is -0.316 e. The van der Waals surface area contributed by atoms with Gasteiger partial charge in [-0.2, -0.15) is 0 Å². The highest BCUT2D eigenvalue weighted by molar-refractivity contribution is 7.16. The van der Waals surface area contributed by atoms with Crippen LogP contribution in [0.25, 0.3) is 0 Å². The van der Waals surface area contributed by atoms with Crippen LogP contribution in [0.5, 0.6) is 0 Å². The molecule has 0 aromatic carbocycles. The van der Waals surface area contributed by atoms with Crippen LogP contribution in [0.4, 0.5) is 0 Å². The van der Waals surface area contributed by atoms with E-state index in [0.29, 0.717) is 0 Å². The molecule has 2 nitrogen and oxygen atoms in total. The summed E-state index contributed by atoms with van der Waals surface area (Å²) in [6.45, 7) is 4.41. The molecular weight excluding hydrogens is 216 g/mol. The molecule has 2 N–H and O–H groups in total. The van der Waals surface area contributed by atoms with Crippen molar-refractivity contribution in [1.82, 2.24) is 10.6 Å². The largest absolute Gasteiger partial charge is 0.316 e. The quantitative estimate of drug-likeness (QED) is 0.828. The van der Waals surface area contributed by atoms with Gasteiger partial charge < -0.3 is 10.6 Å². The zero-order valence-corrected chi connectivity index (χ0v) is 9.63. The highest BCUT2D eigenvalue weighted by atomic mass is 35.5. The molecule has 4 heteroatoms. The van der Waals surface area contributed by atoms with Crippen molar-refractivity contribution in [2.24, 2.45) is 5.92 Å². The van der Waals surface area contributed by atoms with Crippen molar-refractivity contribution in [3.63, 3.8) is 0 Å². The van der Waals surface area contributed by atoms with Gasteiger partial charge in [0, 0.05) is 11.4 Å². The SMILES string of the molecule is Clc1ccc(CNCC2CCNC2)s1. The van der Waals surface area contributed by atoms with E-state index in [1.165, 1.54) is 17.8 Å². The summed E-state index contributed by atoms with van der Waals surface area (Å²) in [7, 11) is 0. The highest BCUT2D eigenvalue weighted by Gasteiger charge is 2.13. The van der Waals surface area contributed by atoms with Crippen molar-refractivity contribution in [3.05, 3.63) is 21.3 Å². The van der Waals surface area contributed by atoms with Gasteiger partial charge in [0.1, 0.15) is 0 Å². The van der Waals surface area contributed by atoms with Crippen LogP contribution in [-0.2, 0) is 6.54 Å². The summed E-state index contributed by atoms with van der Waals surface area (Å²) in [6, 6.07) is 4.05. The zero-order valence-electron chi connectivity index (χ0n) is 8.05. The van der Waals surface area contributed by atoms with Crippen molar-refractivity contribution in [1.29, 1.82) is 0 Å². The molecule has 0 spiro atoms. The van der Waals surface area contributed by atoms with Gasteiger partial charge in [-0.1, -0.05) is 11.6 Å². The van der Waals surface area contributed by atoms with Crippen LogP contribution in [-0.4, -0.2) is 19.6 Å². The van der Waals surface area contributed by atoms with E-state index in [0.717, 1.165) is 29.9 Å². The van der Waals surface area contributed by atoms with Gasteiger partial charge in [-0.3, -0.25) is 0 Å². The lowest BCUT2D eigenvalue weighted by atomic mass is 10.1. The van der Waals surface area contributed by atoms with Gasteiger partial charge in [-0.25, -0.2) is 0 Å². The fraction of sp³-hybridized carbons (Fsp3) is 0.600. The highest BCUT2D eigenvalue weighted by Crippen LogP contribution is 2.21. The lowest BCUT2D eigenvalue weighted by Gasteiger charge is -2.08. The fourth-order valence-corrected chi connectivity index (χ4v) is 2.79. The molecule has 0 bridgehead atoms. The Morgan fingerprint density at radius 1 is 1.57 bits per heavy atom. The second-order valence-electron chi connectivity index (χ2n) is 3.70. The first-order chi connectivity index (χ1) is 6.84. The van der Waals surface area contributed by atoms with E-state index in [1.54, 1.807) is 11.3 Å². The summed E-state index contributed by atoms with van der Waals surface area (Å²) in [5, 5.41) is 6.84. The minimum absolute atomic E-state index is 0.811. The van der Waals surface area contributed by atoms with Crippen LogP contribution in [0.1, 0.15) is 11.3 Å². The third kappa shape index (κ3) is 2.95. The molecule has 2 rings (SSSR count). The summed E-state index contributed by atoms with van der Waals surface area (Å²) in [5.41, 5.74) is 0. The Hall–Kier alpha value is -0.0900. The molecule has 1 aliphatic rings. The van der Waals surface area contributed by atoms with E-state index in [1.807, 2.05) is 6.07 Å². The summed E-state index contributed by atoms with van der Waals surface area (Å²) in [5.74, 6) is 0.811. The Kier molecular flexibility index (Phi) is 3.81. The second-order valence-corrected chi connectivity index (χ2v) is 5.50. The molecule has 0 saturated carbocycles. The van der Waals surface area contributed by atoms with Gasteiger partial charge >= 0.3 is 0 Å². The Labute approximate surface area is 93.7 Å². The van der Waals surface area contributed by atoms with Crippen LogP contribution >= 0.6 is 22.9 Å². The number of rotatable bonds is 4. The lowest BCUT2D eigenvalue weighted by molar-refractivity contribution is 0.514. The molecule has 1 aromatic rings. The van der Waals surface area contributed by atoms with Crippen LogP contribution in [0, 0.1) is 5.92 Å². The predicted octanol–water partition coefficient (Wildman–Crippen LogP) is 2.10. The van der Waals surface area contributed by atoms with Crippen LogP contribution < -0.4 is 10.6 Å². The molecule has 1 unspecified atom stereocenters. The molecule has 1 aromatic heterocycles. The number of halogens is 1. The maximum Gasteiger partial charge on any atom is 0.0931 e. The Bertz CT molecular complexity index is 281. The Balaban J connectivity index is 1.67. The van der Waals surface area contributed by atoms with E-state index in [4.69, 9.17) is 11.6 Å². The molecule has 14 heavy (non-hydrogen) atoms. The summed E-state index contributed by atoms with van der Waals surface area (Å²) in [4.78, 5) is 1.32. The fourth-order valence-electron chi connectivity index (χ4n) is 1.73. The summed E-state index contributed by atoms with van der Waals surface area (Å²) < 4.78 is 0.879. The molecule has 1 saturated heterocycles. The molecule has 0 aliphatic carbocycles. The van der Waals surface area contributed by atoms with Gasteiger partial charge in [0.25, 0.3) is 0 Å². The lowest BCUT2D eigenvalue weighted by Crippen LogP contribution is -2.23. The number of hydrogen-bond acceptors (Lipinski definition) is 3. The van der Waals surface area contributed by atoms with Crippen LogP contribution in [0.15, 0.2) is 12.1 Å². The van der Waals surface area contributed by atoms with Crippen molar-refractivity contribution in [2.45, 2.75) is 13.0 Å². The van der Waals surface area contributed by atoms with Crippen molar-refractivity contribution in [2.75, 3.05) is 19.6 Å². The molecular formula is C10H15ClN2S. The zero-order chi connectivity index (χ0) is 9.80. The van der Waals surface area contributed by atoms with Crippen LogP contribution in [0.2, 0.25) is 4.34 Å². The van der Waals surface area contributed by atoms with E-state index in [9.17, 15) is 0 Å². The van der Waals surface area contributed by atoms with Crippen molar-refractivity contribution >= 4 is 22.9 Å².